The van der Waals surface area contributed by atoms with Gasteiger partial charge in [-0.25, -0.2) is 4.98 Å². The lowest BCUT2D eigenvalue weighted by molar-refractivity contribution is -0.113. The normalized spacial score (nSPS) is 10.9. The third-order valence-corrected chi connectivity index (χ3v) is 5.07. The molecule has 25 heavy (non-hydrogen) atoms. The van der Waals surface area contributed by atoms with Gasteiger partial charge in [0.1, 0.15) is 0 Å². The Labute approximate surface area is 156 Å². The number of thioether (sulfide) groups is 1. The molecule has 0 radical (unpaired) electrons. The van der Waals surface area contributed by atoms with Gasteiger partial charge < -0.3 is 5.32 Å². The molecule has 128 valence electrons. The van der Waals surface area contributed by atoms with E-state index in [2.05, 4.69) is 38.2 Å². The zero-order chi connectivity index (χ0) is 18.0. The molecule has 5 heteroatoms. The minimum absolute atomic E-state index is 0.0625. The number of hydrogen-bond donors (Lipinski definition) is 1. The minimum atomic E-state index is -0.0625. The highest BCUT2D eigenvalue weighted by Crippen LogP contribution is 2.27. The summed E-state index contributed by atoms with van der Waals surface area (Å²) in [7, 11) is 0. The number of pyridine rings is 1. The van der Waals surface area contributed by atoms with Crippen LogP contribution in [0.4, 0.5) is 5.69 Å². The van der Waals surface area contributed by atoms with E-state index in [9.17, 15) is 4.79 Å². The average Bonchev–Trinajstić information content (AvgIpc) is 2.56. The highest BCUT2D eigenvalue weighted by Gasteiger charge is 2.09. The van der Waals surface area contributed by atoms with Crippen molar-refractivity contribution in [3.8, 4) is 0 Å². The summed E-state index contributed by atoms with van der Waals surface area (Å²) in [6.07, 6.45) is 0. The second kappa shape index (κ2) is 7.46. The summed E-state index contributed by atoms with van der Waals surface area (Å²) in [5.74, 6) is 0.248. The Balaban J connectivity index is 1.72. The van der Waals surface area contributed by atoms with E-state index < -0.39 is 0 Å². The number of fused-ring (bicyclic) bond motifs is 1. The van der Waals surface area contributed by atoms with Gasteiger partial charge in [-0.15, -0.1) is 0 Å². The molecule has 1 aromatic heterocycles. The summed E-state index contributed by atoms with van der Waals surface area (Å²) in [4.78, 5) is 16.9. The van der Waals surface area contributed by atoms with E-state index in [0.29, 0.717) is 10.8 Å². The quantitative estimate of drug-likeness (QED) is 0.612. The van der Waals surface area contributed by atoms with Gasteiger partial charge in [-0.05, 0) is 68.3 Å². The highest BCUT2D eigenvalue weighted by molar-refractivity contribution is 7.99. The molecule has 3 rings (SSSR count). The number of anilines is 1. The fourth-order valence-corrected chi connectivity index (χ4v) is 3.65. The molecule has 1 N–H and O–H groups in total. The monoisotopic (exact) mass is 370 g/mol. The number of nitrogens with one attached hydrogen (secondary N) is 1. The van der Waals surface area contributed by atoms with Crippen molar-refractivity contribution in [1.29, 1.82) is 0 Å². The van der Waals surface area contributed by atoms with Gasteiger partial charge in [0.05, 0.1) is 16.3 Å². The maximum Gasteiger partial charge on any atom is 0.234 e. The van der Waals surface area contributed by atoms with Crippen LogP contribution < -0.4 is 5.32 Å². The first-order valence-electron chi connectivity index (χ1n) is 7.99. The third kappa shape index (κ3) is 4.33. The van der Waals surface area contributed by atoms with Gasteiger partial charge in [0.2, 0.25) is 5.91 Å². The molecule has 1 heterocycles. The van der Waals surface area contributed by atoms with Gasteiger partial charge in [0.15, 0.2) is 0 Å². The molecule has 0 unspecified atom stereocenters. The molecule has 0 saturated heterocycles. The van der Waals surface area contributed by atoms with E-state index in [0.717, 1.165) is 21.8 Å². The van der Waals surface area contributed by atoms with E-state index in [4.69, 9.17) is 16.6 Å². The van der Waals surface area contributed by atoms with E-state index in [-0.39, 0.29) is 5.91 Å². The SMILES string of the molecule is Cc1cc(C)c2nc(SCC(=O)Nc3ccc(Cl)cc3)cc(C)c2c1. The number of hydrogen-bond acceptors (Lipinski definition) is 3. The third-order valence-electron chi connectivity index (χ3n) is 3.91. The van der Waals surface area contributed by atoms with Crippen LogP contribution in [-0.2, 0) is 4.79 Å². The molecular weight excluding hydrogens is 352 g/mol. The fraction of sp³-hybridized carbons (Fsp3) is 0.200. The first-order chi connectivity index (χ1) is 11.9. The van der Waals surface area contributed by atoms with Gasteiger partial charge in [0, 0.05) is 16.1 Å². The predicted octanol–water partition coefficient (Wildman–Crippen LogP) is 5.54. The van der Waals surface area contributed by atoms with Crippen molar-refractivity contribution in [2.45, 2.75) is 25.8 Å². The van der Waals surface area contributed by atoms with Gasteiger partial charge in [-0.3, -0.25) is 4.79 Å². The second-order valence-electron chi connectivity index (χ2n) is 6.10. The van der Waals surface area contributed by atoms with Gasteiger partial charge in [0.25, 0.3) is 0 Å². The Hall–Kier alpha value is -2.04. The molecule has 0 saturated carbocycles. The van der Waals surface area contributed by atoms with Crippen molar-refractivity contribution in [3.05, 3.63) is 64.2 Å². The summed E-state index contributed by atoms with van der Waals surface area (Å²) >= 11 is 7.29. The first kappa shape index (κ1) is 17.8. The van der Waals surface area contributed by atoms with Crippen molar-refractivity contribution in [1.82, 2.24) is 4.98 Å². The molecule has 1 amide bonds. The molecular formula is C20H19ClN2OS. The summed E-state index contributed by atoms with van der Waals surface area (Å²) in [5.41, 5.74) is 5.32. The lowest BCUT2D eigenvalue weighted by Crippen LogP contribution is -2.14. The summed E-state index contributed by atoms with van der Waals surface area (Å²) in [6.45, 7) is 6.25. The van der Waals surface area contributed by atoms with Gasteiger partial charge in [-0.2, -0.15) is 0 Å². The summed E-state index contributed by atoms with van der Waals surface area (Å²) < 4.78 is 0. The van der Waals surface area contributed by atoms with Crippen LogP contribution in [0.2, 0.25) is 5.02 Å². The Morgan fingerprint density at radius 2 is 1.80 bits per heavy atom. The van der Waals surface area contributed by atoms with Crippen molar-refractivity contribution in [2.24, 2.45) is 0 Å². The molecule has 0 fully saturated rings. The fourth-order valence-electron chi connectivity index (χ4n) is 2.76. The molecule has 0 atom stereocenters. The maximum atomic E-state index is 12.1. The molecule has 0 aliphatic carbocycles. The van der Waals surface area contributed by atoms with E-state index >= 15 is 0 Å². The first-order valence-corrected chi connectivity index (χ1v) is 9.35. The molecule has 2 aromatic carbocycles. The van der Waals surface area contributed by atoms with E-state index in [1.165, 1.54) is 28.3 Å². The number of halogens is 1. The lowest BCUT2D eigenvalue weighted by Gasteiger charge is -2.10. The Morgan fingerprint density at radius 3 is 2.52 bits per heavy atom. The zero-order valence-electron chi connectivity index (χ0n) is 14.4. The van der Waals surface area contributed by atoms with Crippen LogP contribution in [0.1, 0.15) is 16.7 Å². The van der Waals surface area contributed by atoms with Crippen LogP contribution in [0.25, 0.3) is 10.9 Å². The smallest absolute Gasteiger partial charge is 0.234 e. The van der Waals surface area contributed by atoms with Crippen molar-refractivity contribution in [2.75, 3.05) is 11.1 Å². The Kier molecular flexibility index (Phi) is 5.30. The van der Waals surface area contributed by atoms with Crippen LogP contribution in [0.3, 0.4) is 0 Å². The molecule has 0 aliphatic heterocycles. The number of benzene rings is 2. The lowest BCUT2D eigenvalue weighted by atomic mass is 10.0. The second-order valence-corrected chi connectivity index (χ2v) is 7.53. The number of amides is 1. The van der Waals surface area contributed by atoms with Crippen LogP contribution in [0, 0.1) is 20.8 Å². The maximum absolute atomic E-state index is 12.1. The standard InChI is InChI=1S/C20H19ClN2OS/c1-12-8-14(3)20-17(9-12)13(2)10-19(23-20)25-11-18(24)22-16-6-4-15(21)5-7-16/h4-10H,11H2,1-3H3,(H,22,24). The Bertz CT molecular complexity index is 939. The minimum Gasteiger partial charge on any atom is -0.325 e. The van der Waals surface area contributed by atoms with Crippen molar-refractivity contribution < 1.29 is 4.79 Å². The topological polar surface area (TPSA) is 42.0 Å². The highest BCUT2D eigenvalue weighted by atomic mass is 35.5. The molecule has 0 bridgehead atoms. The summed E-state index contributed by atoms with van der Waals surface area (Å²) in [5, 5.41) is 5.55. The van der Waals surface area contributed by atoms with Crippen LogP contribution in [0.15, 0.2) is 47.5 Å². The number of aromatic nitrogens is 1. The van der Waals surface area contributed by atoms with E-state index in [1.807, 2.05) is 6.07 Å². The zero-order valence-corrected chi connectivity index (χ0v) is 16.0. The summed E-state index contributed by atoms with van der Waals surface area (Å²) in [6, 6.07) is 13.4. The van der Waals surface area contributed by atoms with Crippen molar-refractivity contribution in [3.63, 3.8) is 0 Å². The predicted molar refractivity (Wildman–Crippen MR) is 107 cm³/mol. The van der Waals surface area contributed by atoms with Gasteiger partial charge in [-0.1, -0.05) is 35.0 Å². The van der Waals surface area contributed by atoms with E-state index in [1.54, 1.807) is 24.3 Å². The number of nitrogens with zero attached hydrogens (tertiary/aromatic N) is 1. The van der Waals surface area contributed by atoms with Crippen LogP contribution in [-0.4, -0.2) is 16.6 Å². The van der Waals surface area contributed by atoms with Gasteiger partial charge >= 0.3 is 0 Å². The number of rotatable bonds is 4. The number of carbonyl (C=O) groups excluding carboxylic acids is 1. The number of carbonyl (C=O) groups is 1. The average molecular weight is 371 g/mol. The molecule has 0 aliphatic rings. The molecule has 0 spiro atoms. The molecule has 3 aromatic rings. The van der Waals surface area contributed by atoms with Crippen molar-refractivity contribution >= 4 is 45.9 Å². The van der Waals surface area contributed by atoms with Crippen LogP contribution in [0.5, 0.6) is 0 Å². The Morgan fingerprint density at radius 1 is 1.08 bits per heavy atom. The number of aryl methyl sites for hydroxylation is 3. The molecule has 3 nitrogen and oxygen atoms in total. The largest absolute Gasteiger partial charge is 0.325 e. The van der Waals surface area contributed by atoms with Crippen LogP contribution >= 0.6 is 23.4 Å².